The Bertz CT molecular complexity index is 1460. The highest BCUT2D eigenvalue weighted by Gasteiger charge is 2.31. The average Bonchev–Trinajstić information content (AvgIpc) is 3.51. The van der Waals surface area contributed by atoms with Gasteiger partial charge in [-0.2, -0.15) is 5.10 Å². The van der Waals surface area contributed by atoms with Crippen molar-refractivity contribution in [2.24, 2.45) is 0 Å². The molecule has 2 fully saturated rings. The summed E-state index contributed by atoms with van der Waals surface area (Å²) in [6.07, 6.45) is 7.46. The molecule has 2 N–H and O–H groups in total. The molecule has 4 heterocycles. The van der Waals surface area contributed by atoms with Crippen LogP contribution in [0.3, 0.4) is 0 Å². The molecule has 0 spiro atoms. The maximum absolute atomic E-state index is 11.8. The number of benzene rings is 1. The molecule has 2 aliphatic rings. The molecule has 0 radical (unpaired) electrons. The van der Waals surface area contributed by atoms with Gasteiger partial charge in [-0.25, -0.2) is 13.4 Å². The van der Waals surface area contributed by atoms with Crippen LogP contribution in [0.25, 0.3) is 22.3 Å². The molecule has 1 aromatic carbocycles. The molecule has 9 nitrogen and oxygen atoms in total. The summed E-state index contributed by atoms with van der Waals surface area (Å²) in [4.78, 5) is 10.2. The molecule has 10 heteroatoms. The molecule has 188 valence electrons. The number of sulfone groups is 1. The quantitative estimate of drug-likeness (QED) is 0.415. The molecule has 3 aromatic heterocycles. The fourth-order valence-corrected chi connectivity index (χ4v) is 5.97. The first kappa shape index (κ1) is 23.1. The second-order valence-corrected chi connectivity index (χ2v) is 11.8. The lowest BCUT2D eigenvalue weighted by atomic mass is 9.87. The standard InChI is InChI=1S/C26H31N7O2S/c1-27-18-15-20(16-18)33-17-23(24-9-10-28-30-24)22-7-8-25(29-26(22)33)32-13-11-31(12-14-32)19-3-5-21(6-4-19)36(2,34)35/h3-10,17-18,20,27H,11-16H2,1-2H3,(H,28,30). The Morgan fingerprint density at radius 3 is 2.33 bits per heavy atom. The molecule has 0 amide bonds. The number of aromatic amines is 1. The molecule has 4 aromatic rings. The zero-order valence-electron chi connectivity index (χ0n) is 20.6. The van der Waals surface area contributed by atoms with E-state index in [2.05, 4.69) is 48.2 Å². The summed E-state index contributed by atoms with van der Waals surface area (Å²) in [5, 5.41) is 11.8. The normalized spacial score (nSPS) is 20.6. The Kier molecular flexibility index (Phi) is 5.72. The van der Waals surface area contributed by atoms with E-state index in [0.29, 0.717) is 17.0 Å². The van der Waals surface area contributed by atoms with Crippen molar-refractivity contribution < 1.29 is 8.42 Å². The molecule has 1 aliphatic carbocycles. The number of fused-ring (bicyclic) bond motifs is 1. The van der Waals surface area contributed by atoms with Crippen LogP contribution in [0.4, 0.5) is 11.5 Å². The van der Waals surface area contributed by atoms with Gasteiger partial charge in [-0.1, -0.05) is 0 Å². The van der Waals surface area contributed by atoms with Crippen molar-refractivity contribution in [2.75, 3.05) is 49.3 Å². The smallest absolute Gasteiger partial charge is 0.175 e. The van der Waals surface area contributed by atoms with Crippen LogP contribution in [0.1, 0.15) is 18.9 Å². The molecule has 0 unspecified atom stereocenters. The van der Waals surface area contributed by atoms with Crippen LogP contribution in [0.15, 0.2) is 59.8 Å². The number of nitrogens with zero attached hydrogens (tertiary/aromatic N) is 5. The summed E-state index contributed by atoms with van der Waals surface area (Å²) < 4.78 is 25.9. The van der Waals surface area contributed by atoms with Crippen LogP contribution in [-0.2, 0) is 9.84 Å². The molecular weight excluding hydrogens is 474 g/mol. The Labute approximate surface area is 211 Å². The van der Waals surface area contributed by atoms with Crippen LogP contribution >= 0.6 is 0 Å². The highest BCUT2D eigenvalue weighted by Crippen LogP contribution is 2.39. The zero-order chi connectivity index (χ0) is 24.9. The Morgan fingerprint density at radius 2 is 1.69 bits per heavy atom. The molecular formula is C26H31N7O2S. The highest BCUT2D eigenvalue weighted by molar-refractivity contribution is 7.90. The Balaban J connectivity index is 1.24. The second kappa shape index (κ2) is 8.94. The topological polar surface area (TPSA) is 99.1 Å². The maximum atomic E-state index is 11.8. The van der Waals surface area contributed by atoms with E-state index in [1.807, 2.05) is 25.2 Å². The number of hydrogen-bond donors (Lipinski definition) is 2. The largest absolute Gasteiger partial charge is 0.368 e. The highest BCUT2D eigenvalue weighted by atomic mass is 32.2. The van der Waals surface area contributed by atoms with Gasteiger partial charge in [0.15, 0.2) is 9.84 Å². The first-order valence-electron chi connectivity index (χ1n) is 12.4. The van der Waals surface area contributed by atoms with E-state index in [1.165, 1.54) is 6.26 Å². The number of aromatic nitrogens is 4. The third-order valence-electron chi connectivity index (χ3n) is 7.60. The number of piperazine rings is 1. The van der Waals surface area contributed by atoms with Gasteiger partial charge in [0, 0.05) is 73.5 Å². The van der Waals surface area contributed by atoms with Gasteiger partial charge < -0.3 is 19.7 Å². The fraction of sp³-hybridized carbons (Fsp3) is 0.385. The number of pyridine rings is 1. The average molecular weight is 506 g/mol. The number of anilines is 2. The van der Waals surface area contributed by atoms with Crippen LogP contribution < -0.4 is 15.1 Å². The monoisotopic (exact) mass is 505 g/mol. The van der Waals surface area contributed by atoms with Crippen LogP contribution in [-0.4, -0.2) is 73.7 Å². The van der Waals surface area contributed by atoms with Crippen molar-refractivity contribution >= 4 is 32.4 Å². The van der Waals surface area contributed by atoms with Gasteiger partial charge in [0.2, 0.25) is 0 Å². The summed E-state index contributed by atoms with van der Waals surface area (Å²) in [5.74, 6) is 0.995. The molecule has 1 saturated carbocycles. The van der Waals surface area contributed by atoms with Crippen molar-refractivity contribution in [1.29, 1.82) is 0 Å². The Morgan fingerprint density at radius 1 is 0.972 bits per heavy atom. The first-order chi connectivity index (χ1) is 17.4. The molecule has 0 atom stereocenters. The zero-order valence-corrected chi connectivity index (χ0v) is 21.4. The third kappa shape index (κ3) is 4.14. The molecule has 0 bridgehead atoms. The van der Waals surface area contributed by atoms with Gasteiger partial charge in [0.05, 0.1) is 10.6 Å². The molecule has 36 heavy (non-hydrogen) atoms. The maximum Gasteiger partial charge on any atom is 0.175 e. The number of H-pyrrole nitrogens is 1. The van der Waals surface area contributed by atoms with E-state index in [4.69, 9.17) is 4.98 Å². The van der Waals surface area contributed by atoms with E-state index >= 15 is 0 Å². The van der Waals surface area contributed by atoms with Crippen molar-refractivity contribution in [3.8, 4) is 11.3 Å². The van der Waals surface area contributed by atoms with E-state index in [0.717, 1.165) is 72.8 Å². The van der Waals surface area contributed by atoms with E-state index in [9.17, 15) is 8.42 Å². The SMILES string of the molecule is CNC1CC(n2cc(-c3ccn[nH]3)c3ccc(N4CCN(c5ccc(S(C)(=O)=O)cc5)CC4)nc32)C1. The lowest BCUT2D eigenvalue weighted by Gasteiger charge is -2.37. The van der Waals surface area contributed by atoms with Crippen LogP contribution in [0, 0.1) is 0 Å². The van der Waals surface area contributed by atoms with Gasteiger partial charge in [-0.05, 0) is 62.4 Å². The lowest BCUT2D eigenvalue weighted by Crippen LogP contribution is -2.46. The second-order valence-electron chi connectivity index (χ2n) is 9.81. The lowest BCUT2D eigenvalue weighted by molar-refractivity contribution is 0.240. The van der Waals surface area contributed by atoms with Gasteiger partial charge in [0.25, 0.3) is 0 Å². The Hall–Kier alpha value is -3.37. The van der Waals surface area contributed by atoms with Gasteiger partial charge in [-0.3, -0.25) is 5.10 Å². The molecule has 1 aliphatic heterocycles. The summed E-state index contributed by atoms with van der Waals surface area (Å²) in [7, 11) is -1.16. The van der Waals surface area contributed by atoms with Crippen molar-refractivity contribution in [3.63, 3.8) is 0 Å². The van der Waals surface area contributed by atoms with Crippen LogP contribution in [0.2, 0.25) is 0 Å². The minimum absolute atomic E-state index is 0.354. The van der Waals surface area contributed by atoms with Gasteiger partial charge in [0.1, 0.15) is 11.5 Å². The van der Waals surface area contributed by atoms with E-state index < -0.39 is 9.84 Å². The predicted molar refractivity (Wildman–Crippen MR) is 142 cm³/mol. The van der Waals surface area contributed by atoms with Crippen molar-refractivity contribution in [1.82, 2.24) is 25.1 Å². The first-order valence-corrected chi connectivity index (χ1v) is 14.3. The van der Waals surface area contributed by atoms with Gasteiger partial charge >= 0.3 is 0 Å². The fourth-order valence-electron chi connectivity index (χ4n) is 5.34. The van der Waals surface area contributed by atoms with Crippen molar-refractivity contribution in [2.45, 2.75) is 29.8 Å². The number of nitrogens with one attached hydrogen (secondary N) is 2. The minimum Gasteiger partial charge on any atom is -0.368 e. The van der Waals surface area contributed by atoms with Gasteiger partial charge in [-0.15, -0.1) is 0 Å². The predicted octanol–water partition coefficient (Wildman–Crippen LogP) is 3.08. The van der Waals surface area contributed by atoms with E-state index in [1.54, 1.807) is 18.3 Å². The number of rotatable bonds is 6. The molecule has 1 saturated heterocycles. The summed E-state index contributed by atoms with van der Waals surface area (Å²) >= 11 is 0. The number of hydrogen-bond acceptors (Lipinski definition) is 7. The van der Waals surface area contributed by atoms with Crippen molar-refractivity contribution in [3.05, 3.63) is 54.9 Å². The molecule has 6 rings (SSSR count). The minimum atomic E-state index is -3.18. The van der Waals surface area contributed by atoms with Crippen LogP contribution in [0.5, 0.6) is 0 Å². The summed E-state index contributed by atoms with van der Waals surface area (Å²) in [5.41, 5.74) is 4.22. The summed E-state index contributed by atoms with van der Waals surface area (Å²) in [6.45, 7) is 3.41. The summed E-state index contributed by atoms with van der Waals surface area (Å²) in [6, 6.07) is 14.5. The third-order valence-corrected chi connectivity index (χ3v) is 8.73. The van der Waals surface area contributed by atoms with E-state index in [-0.39, 0.29) is 0 Å².